The second kappa shape index (κ2) is 6.69. The monoisotopic (exact) mass is 265 g/mol. The molecule has 0 radical (unpaired) electrons. The van der Waals surface area contributed by atoms with E-state index in [9.17, 15) is 0 Å². The number of pyridine rings is 1. The molecule has 0 unspecified atom stereocenters. The number of nitrogens with zero attached hydrogens (tertiary/aromatic N) is 2. The van der Waals surface area contributed by atoms with Crippen LogP contribution in [0.5, 0.6) is 0 Å². The minimum Gasteiger partial charge on any atom is -0.388 e. The van der Waals surface area contributed by atoms with E-state index in [0.717, 1.165) is 18.8 Å². The SMILES string of the molecule is CC(C)CN(CC(C)C)c1ccnc(C(N)=S)c1. The maximum Gasteiger partial charge on any atom is 0.122 e. The van der Waals surface area contributed by atoms with Gasteiger partial charge in [-0.05, 0) is 24.0 Å². The number of rotatable bonds is 6. The van der Waals surface area contributed by atoms with Crippen molar-refractivity contribution in [3.63, 3.8) is 0 Å². The predicted octanol–water partition coefficient (Wildman–Crippen LogP) is 2.83. The van der Waals surface area contributed by atoms with Crippen LogP contribution in [0, 0.1) is 11.8 Å². The van der Waals surface area contributed by atoms with Crippen LogP contribution in [0.4, 0.5) is 5.69 Å². The largest absolute Gasteiger partial charge is 0.388 e. The zero-order valence-corrected chi connectivity index (χ0v) is 12.5. The van der Waals surface area contributed by atoms with Gasteiger partial charge < -0.3 is 10.6 Å². The molecule has 0 aliphatic rings. The van der Waals surface area contributed by atoms with Gasteiger partial charge in [-0.1, -0.05) is 39.9 Å². The van der Waals surface area contributed by atoms with E-state index in [1.165, 1.54) is 0 Å². The molecule has 0 fully saturated rings. The molecule has 0 aliphatic heterocycles. The molecule has 0 bridgehead atoms. The van der Waals surface area contributed by atoms with E-state index in [-0.39, 0.29) is 0 Å². The summed E-state index contributed by atoms with van der Waals surface area (Å²) in [5.74, 6) is 1.23. The van der Waals surface area contributed by atoms with Gasteiger partial charge in [0.1, 0.15) is 4.99 Å². The maximum atomic E-state index is 5.64. The summed E-state index contributed by atoms with van der Waals surface area (Å²) in [6, 6.07) is 4.00. The molecule has 0 spiro atoms. The Bertz CT molecular complexity index is 392. The van der Waals surface area contributed by atoms with Crippen LogP contribution in [0.3, 0.4) is 0 Å². The van der Waals surface area contributed by atoms with Gasteiger partial charge in [-0.2, -0.15) is 0 Å². The molecule has 1 heterocycles. The number of nitrogens with two attached hydrogens (primary N) is 1. The Kier molecular flexibility index (Phi) is 5.54. The fourth-order valence-electron chi connectivity index (χ4n) is 1.92. The molecule has 3 nitrogen and oxygen atoms in total. The van der Waals surface area contributed by atoms with Crippen LogP contribution < -0.4 is 10.6 Å². The topological polar surface area (TPSA) is 42.2 Å². The summed E-state index contributed by atoms with van der Waals surface area (Å²) in [5.41, 5.74) is 7.48. The zero-order chi connectivity index (χ0) is 13.7. The van der Waals surface area contributed by atoms with Crippen LogP contribution in [-0.2, 0) is 0 Å². The van der Waals surface area contributed by atoms with Crippen molar-refractivity contribution in [1.82, 2.24) is 4.98 Å². The van der Waals surface area contributed by atoms with E-state index < -0.39 is 0 Å². The van der Waals surface area contributed by atoms with E-state index in [4.69, 9.17) is 18.0 Å². The summed E-state index contributed by atoms with van der Waals surface area (Å²) in [4.78, 5) is 6.91. The number of anilines is 1. The lowest BCUT2D eigenvalue weighted by molar-refractivity contribution is 0.552. The number of hydrogen-bond donors (Lipinski definition) is 1. The molecule has 2 N–H and O–H groups in total. The highest BCUT2D eigenvalue weighted by atomic mass is 32.1. The Hall–Kier alpha value is -1.16. The van der Waals surface area contributed by atoms with Crippen molar-refractivity contribution >= 4 is 22.9 Å². The van der Waals surface area contributed by atoms with Crippen molar-refractivity contribution in [2.75, 3.05) is 18.0 Å². The van der Waals surface area contributed by atoms with E-state index >= 15 is 0 Å². The van der Waals surface area contributed by atoms with Crippen molar-refractivity contribution in [3.8, 4) is 0 Å². The normalized spacial score (nSPS) is 11.0. The van der Waals surface area contributed by atoms with Gasteiger partial charge in [0.15, 0.2) is 0 Å². The molecule has 1 aromatic rings. The minimum absolute atomic E-state index is 0.353. The second-order valence-corrected chi connectivity index (χ2v) is 5.90. The smallest absolute Gasteiger partial charge is 0.122 e. The van der Waals surface area contributed by atoms with Gasteiger partial charge in [0.2, 0.25) is 0 Å². The Morgan fingerprint density at radius 2 is 1.83 bits per heavy atom. The Morgan fingerprint density at radius 3 is 2.28 bits per heavy atom. The Balaban J connectivity index is 2.96. The van der Waals surface area contributed by atoms with E-state index in [2.05, 4.69) is 37.6 Å². The van der Waals surface area contributed by atoms with Crippen LogP contribution in [0.25, 0.3) is 0 Å². The molecule has 0 aromatic carbocycles. The molecular weight excluding hydrogens is 242 g/mol. The van der Waals surface area contributed by atoms with Crippen molar-refractivity contribution in [2.24, 2.45) is 17.6 Å². The van der Waals surface area contributed by atoms with Gasteiger partial charge in [0.25, 0.3) is 0 Å². The molecule has 1 aromatic heterocycles. The lowest BCUT2D eigenvalue weighted by atomic mass is 10.1. The van der Waals surface area contributed by atoms with Crippen molar-refractivity contribution in [3.05, 3.63) is 24.0 Å². The molecule has 1 rings (SSSR count). The first-order valence-corrected chi connectivity index (χ1v) is 6.81. The third-order valence-corrected chi connectivity index (χ3v) is 2.74. The standard InChI is InChI=1S/C14H23N3S/c1-10(2)8-17(9-11(3)4)12-5-6-16-13(7-12)14(15)18/h5-7,10-11H,8-9H2,1-4H3,(H2,15,18). The molecular formula is C14H23N3S. The quantitative estimate of drug-likeness (QED) is 0.803. The lowest BCUT2D eigenvalue weighted by Gasteiger charge is -2.28. The first kappa shape index (κ1) is 14.9. The highest BCUT2D eigenvalue weighted by Crippen LogP contribution is 2.18. The maximum absolute atomic E-state index is 5.64. The highest BCUT2D eigenvalue weighted by Gasteiger charge is 2.11. The molecule has 4 heteroatoms. The summed E-state index contributed by atoms with van der Waals surface area (Å²) in [5, 5.41) is 0. The average Bonchev–Trinajstić information content (AvgIpc) is 2.27. The van der Waals surface area contributed by atoms with Crippen LogP contribution >= 0.6 is 12.2 Å². The Morgan fingerprint density at radius 1 is 1.28 bits per heavy atom. The highest BCUT2D eigenvalue weighted by molar-refractivity contribution is 7.80. The summed E-state index contributed by atoms with van der Waals surface area (Å²) < 4.78 is 0. The van der Waals surface area contributed by atoms with Crippen molar-refractivity contribution in [1.29, 1.82) is 0 Å². The average molecular weight is 265 g/mol. The van der Waals surface area contributed by atoms with Crippen molar-refractivity contribution < 1.29 is 0 Å². The molecule has 0 saturated carbocycles. The van der Waals surface area contributed by atoms with Crippen LogP contribution in [-0.4, -0.2) is 23.1 Å². The zero-order valence-electron chi connectivity index (χ0n) is 11.7. The number of thiocarbonyl (C=S) groups is 1. The van der Waals surface area contributed by atoms with Gasteiger partial charge in [-0.15, -0.1) is 0 Å². The van der Waals surface area contributed by atoms with E-state index in [1.807, 2.05) is 12.1 Å². The molecule has 0 atom stereocenters. The molecule has 0 aliphatic carbocycles. The van der Waals surface area contributed by atoms with E-state index in [0.29, 0.717) is 22.5 Å². The van der Waals surface area contributed by atoms with Crippen LogP contribution in [0.15, 0.2) is 18.3 Å². The number of hydrogen-bond acceptors (Lipinski definition) is 3. The molecule has 0 amide bonds. The first-order chi connectivity index (χ1) is 8.40. The predicted molar refractivity (Wildman–Crippen MR) is 82.0 cm³/mol. The lowest BCUT2D eigenvalue weighted by Crippen LogP contribution is -2.31. The molecule has 0 saturated heterocycles. The van der Waals surface area contributed by atoms with Crippen LogP contribution in [0.2, 0.25) is 0 Å². The van der Waals surface area contributed by atoms with E-state index in [1.54, 1.807) is 6.20 Å². The second-order valence-electron chi connectivity index (χ2n) is 5.46. The third kappa shape index (κ3) is 4.61. The van der Waals surface area contributed by atoms with Gasteiger partial charge in [0, 0.05) is 25.0 Å². The number of aromatic nitrogens is 1. The third-order valence-electron chi connectivity index (χ3n) is 2.53. The summed E-state index contributed by atoms with van der Waals surface area (Å²) in [6.07, 6.45) is 1.78. The van der Waals surface area contributed by atoms with Gasteiger partial charge in [-0.3, -0.25) is 4.98 Å². The summed E-state index contributed by atoms with van der Waals surface area (Å²) in [7, 11) is 0. The fourth-order valence-corrected chi connectivity index (χ4v) is 2.03. The van der Waals surface area contributed by atoms with Crippen LogP contribution in [0.1, 0.15) is 33.4 Å². The molecule has 18 heavy (non-hydrogen) atoms. The Labute approximate surface area is 115 Å². The summed E-state index contributed by atoms with van der Waals surface area (Å²) in [6.45, 7) is 11.0. The molecule has 100 valence electrons. The summed E-state index contributed by atoms with van der Waals surface area (Å²) >= 11 is 4.98. The first-order valence-electron chi connectivity index (χ1n) is 6.41. The van der Waals surface area contributed by atoms with Crippen molar-refractivity contribution in [2.45, 2.75) is 27.7 Å². The van der Waals surface area contributed by atoms with Gasteiger partial charge >= 0.3 is 0 Å². The van der Waals surface area contributed by atoms with Gasteiger partial charge in [-0.25, -0.2) is 0 Å². The fraction of sp³-hybridized carbons (Fsp3) is 0.571. The minimum atomic E-state index is 0.353. The van der Waals surface area contributed by atoms with Gasteiger partial charge in [0.05, 0.1) is 5.69 Å².